The molecular formula is C12H15BrFNO2. The Morgan fingerprint density at radius 2 is 2.18 bits per heavy atom. The highest BCUT2D eigenvalue weighted by Gasteiger charge is 2.42. The van der Waals surface area contributed by atoms with Gasteiger partial charge in [-0.1, -0.05) is 15.9 Å². The van der Waals surface area contributed by atoms with Crippen molar-refractivity contribution in [1.82, 2.24) is 5.32 Å². The quantitative estimate of drug-likeness (QED) is 0.926. The Bertz CT molecular complexity index is 382. The first kappa shape index (κ1) is 12.8. The van der Waals surface area contributed by atoms with Crippen molar-refractivity contribution in [3.63, 3.8) is 0 Å². The lowest BCUT2D eigenvalue weighted by atomic mass is 9.85. The first-order valence-corrected chi connectivity index (χ1v) is 6.26. The van der Waals surface area contributed by atoms with Gasteiger partial charge in [-0.05, 0) is 19.2 Å². The monoisotopic (exact) mass is 303 g/mol. The van der Waals surface area contributed by atoms with Crippen LogP contribution in [0.2, 0.25) is 0 Å². The lowest BCUT2D eigenvalue weighted by Crippen LogP contribution is -2.60. The number of benzene rings is 1. The zero-order chi connectivity index (χ0) is 12.4. The van der Waals surface area contributed by atoms with Gasteiger partial charge in [0.2, 0.25) is 0 Å². The minimum Gasteiger partial charge on any atom is -0.487 e. The molecule has 0 bridgehead atoms. The SMILES string of the molecule is CNC1CC(Oc2cc(F)cc(Br)c2)C1OC. The van der Waals surface area contributed by atoms with Crippen LogP contribution in [-0.2, 0) is 4.74 Å². The maximum Gasteiger partial charge on any atom is 0.128 e. The van der Waals surface area contributed by atoms with Crippen LogP contribution in [0.1, 0.15) is 6.42 Å². The van der Waals surface area contributed by atoms with Gasteiger partial charge in [-0.15, -0.1) is 0 Å². The van der Waals surface area contributed by atoms with E-state index in [0.717, 1.165) is 6.42 Å². The number of halogens is 2. The molecule has 1 aromatic carbocycles. The average molecular weight is 304 g/mol. The van der Waals surface area contributed by atoms with Crippen LogP contribution in [0.25, 0.3) is 0 Å². The molecular weight excluding hydrogens is 289 g/mol. The molecule has 0 heterocycles. The Morgan fingerprint density at radius 3 is 2.76 bits per heavy atom. The van der Waals surface area contributed by atoms with E-state index in [0.29, 0.717) is 16.3 Å². The van der Waals surface area contributed by atoms with Crippen molar-refractivity contribution in [1.29, 1.82) is 0 Å². The molecule has 1 saturated carbocycles. The van der Waals surface area contributed by atoms with E-state index in [4.69, 9.17) is 9.47 Å². The predicted octanol–water partition coefficient (Wildman–Crippen LogP) is 2.34. The van der Waals surface area contributed by atoms with Crippen LogP contribution >= 0.6 is 15.9 Å². The third-order valence-electron chi connectivity index (χ3n) is 3.02. The van der Waals surface area contributed by atoms with Crippen molar-refractivity contribution in [2.75, 3.05) is 14.2 Å². The molecule has 0 aromatic heterocycles. The van der Waals surface area contributed by atoms with Gasteiger partial charge < -0.3 is 14.8 Å². The molecule has 1 aliphatic rings. The van der Waals surface area contributed by atoms with Crippen molar-refractivity contribution in [3.8, 4) is 5.75 Å². The molecule has 0 saturated heterocycles. The van der Waals surface area contributed by atoms with Crippen LogP contribution in [0.3, 0.4) is 0 Å². The number of rotatable bonds is 4. The van der Waals surface area contributed by atoms with Crippen molar-refractivity contribution >= 4 is 15.9 Å². The molecule has 2 rings (SSSR count). The van der Waals surface area contributed by atoms with Gasteiger partial charge in [0.15, 0.2) is 0 Å². The average Bonchev–Trinajstić information content (AvgIpc) is 2.22. The smallest absolute Gasteiger partial charge is 0.128 e. The summed E-state index contributed by atoms with van der Waals surface area (Å²) in [4.78, 5) is 0. The number of methoxy groups -OCH3 is 1. The minimum atomic E-state index is -0.312. The molecule has 0 aliphatic heterocycles. The van der Waals surface area contributed by atoms with Crippen LogP contribution in [0.5, 0.6) is 5.75 Å². The highest BCUT2D eigenvalue weighted by molar-refractivity contribution is 9.10. The van der Waals surface area contributed by atoms with E-state index in [9.17, 15) is 4.39 Å². The van der Waals surface area contributed by atoms with Crippen molar-refractivity contribution in [2.45, 2.75) is 24.7 Å². The second-order valence-corrected chi connectivity index (χ2v) is 5.01. The molecule has 5 heteroatoms. The van der Waals surface area contributed by atoms with Crippen molar-refractivity contribution < 1.29 is 13.9 Å². The summed E-state index contributed by atoms with van der Waals surface area (Å²) in [6.45, 7) is 0. The normalized spacial score (nSPS) is 27.6. The van der Waals surface area contributed by atoms with E-state index in [-0.39, 0.29) is 18.0 Å². The Kier molecular flexibility index (Phi) is 4.01. The van der Waals surface area contributed by atoms with Gasteiger partial charge in [0.05, 0.1) is 0 Å². The first-order valence-electron chi connectivity index (χ1n) is 5.47. The van der Waals surface area contributed by atoms with Crippen LogP contribution in [-0.4, -0.2) is 32.4 Å². The number of hydrogen-bond acceptors (Lipinski definition) is 3. The summed E-state index contributed by atoms with van der Waals surface area (Å²) in [6, 6.07) is 4.84. The summed E-state index contributed by atoms with van der Waals surface area (Å²) in [5, 5.41) is 3.15. The Morgan fingerprint density at radius 1 is 1.41 bits per heavy atom. The van der Waals surface area contributed by atoms with Gasteiger partial charge in [0, 0.05) is 30.1 Å². The molecule has 3 unspecified atom stereocenters. The molecule has 1 aliphatic carbocycles. The van der Waals surface area contributed by atoms with Gasteiger partial charge in [0.25, 0.3) is 0 Å². The summed E-state index contributed by atoms with van der Waals surface area (Å²) in [5.41, 5.74) is 0. The van der Waals surface area contributed by atoms with E-state index in [1.807, 2.05) is 7.05 Å². The van der Waals surface area contributed by atoms with Crippen LogP contribution < -0.4 is 10.1 Å². The van der Waals surface area contributed by atoms with Crippen molar-refractivity contribution in [3.05, 3.63) is 28.5 Å². The summed E-state index contributed by atoms with van der Waals surface area (Å²) < 4.78 is 24.9. The van der Waals surface area contributed by atoms with Gasteiger partial charge >= 0.3 is 0 Å². The third kappa shape index (κ3) is 2.78. The largest absolute Gasteiger partial charge is 0.487 e. The Labute approximate surface area is 108 Å². The van der Waals surface area contributed by atoms with E-state index in [1.165, 1.54) is 12.1 Å². The topological polar surface area (TPSA) is 30.5 Å². The fraction of sp³-hybridized carbons (Fsp3) is 0.500. The Balaban J connectivity index is 2.02. The lowest BCUT2D eigenvalue weighted by molar-refractivity contribution is -0.0870. The van der Waals surface area contributed by atoms with Crippen LogP contribution in [0.4, 0.5) is 4.39 Å². The summed E-state index contributed by atoms with van der Waals surface area (Å²) in [6.07, 6.45) is 0.858. The van der Waals surface area contributed by atoms with Gasteiger partial charge in [-0.2, -0.15) is 0 Å². The standard InChI is InChI=1S/C12H15BrFNO2/c1-15-10-6-11(12(10)16-2)17-9-4-7(13)3-8(14)5-9/h3-5,10-12,15H,6H2,1-2H3. The molecule has 17 heavy (non-hydrogen) atoms. The molecule has 3 atom stereocenters. The highest BCUT2D eigenvalue weighted by Crippen LogP contribution is 2.30. The zero-order valence-electron chi connectivity index (χ0n) is 9.74. The van der Waals surface area contributed by atoms with Crippen LogP contribution in [0, 0.1) is 5.82 Å². The van der Waals surface area contributed by atoms with E-state index in [1.54, 1.807) is 13.2 Å². The molecule has 3 nitrogen and oxygen atoms in total. The number of ether oxygens (including phenoxy) is 2. The molecule has 0 amide bonds. The summed E-state index contributed by atoms with van der Waals surface area (Å²) >= 11 is 3.24. The number of hydrogen-bond donors (Lipinski definition) is 1. The molecule has 1 N–H and O–H groups in total. The lowest BCUT2D eigenvalue weighted by Gasteiger charge is -2.42. The number of nitrogens with one attached hydrogen (secondary N) is 1. The van der Waals surface area contributed by atoms with Gasteiger partial charge in [-0.25, -0.2) is 4.39 Å². The van der Waals surface area contributed by atoms with Crippen LogP contribution in [0.15, 0.2) is 22.7 Å². The van der Waals surface area contributed by atoms with E-state index in [2.05, 4.69) is 21.2 Å². The Hall–Kier alpha value is -0.650. The van der Waals surface area contributed by atoms with Gasteiger partial charge in [0.1, 0.15) is 23.8 Å². The fourth-order valence-electron chi connectivity index (χ4n) is 2.07. The fourth-order valence-corrected chi connectivity index (χ4v) is 2.51. The highest BCUT2D eigenvalue weighted by atomic mass is 79.9. The molecule has 0 spiro atoms. The molecule has 0 radical (unpaired) electrons. The summed E-state index contributed by atoms with van der Waals surface area (Å²) in [7, 11) is 3.55. The molecule has 1 aromatic rings. The minimum absolute atomic E-state index is 0.0158. The van der Waals surface area contributed by atoms with E-state index >= 15 is 0 Å². The zero-order valence-corrected chi connectivity index (χ0v) is 11.3. The molecule has 1 fully saturated rings. The first-order chi connectivity index (χ1) is 8.13. The maximum atomic E-state index is 13.2. The number of likely N-dealkylation sites (N-methyl/N-ethyl adjacent to an activating group) is 1. The maximum absolute atomic E-state index is 13.2. The second-order valence-electron chi connectivity index (χ2n) is 4.09. The van der Waals surface area contributed by atoms with Gasteiger partial charge in [-0.3, -0.25) is 0 Å². The van der Waals surface area contributed by atoms with E-state index < -0.39 is 0 Å². The third-order valence-corrected chi connectivity index (χ3v) is 3.47. The predicted molar refractivity (Wildman–Crippen MR) is 66.8 cm³/mol. The van der Waals surface area contributed by atoms with Crippen molar-refractivity contribution in [2.24, 2.45) is 0 Å². The summed E-state index contributed by atoms with van der Waals surface area (Å²) in [5.74, 6) is 0.214. The molecule has 94 valence electrons. The second kappa shape index (κ2) is 5.33.